The van der Waals surface area contributed by atoms with Crippen LogP contribution in [0.25, 0.3) is 0 Å². The molecule has 0 aromatic rings. The number of carbonyl (C=O) groups is 1. The van der Waals surface area contributed by atoms with E-state index in [1.165, 1.54) is 0 Å². The summed E-state index contributed by atoms with van der Waals surface area (Å²) in [5, 5.41) is 17.0. The van der Waals surface area contributed by atoms with Crippen LogP contribution < -0.4 is 10.6 Å². The van der Waals surface area contributed by atoms with E-state index in [0.717, 1.165) is 31.2 Å². The minimum atomic E-state index is -0.303. The Hall–Kier alpha value is -0.690. The first kappa shape index (κ1) is 14.4. The Morgan fingerprint density at radius 2 is 2.00 bits per heavy atom. The Kier molecular flexibility index (Phi) is 5.84. The van der Waals surface area contributed by atoms with E-state index < -0.39 is 0 Å². The fourth-order valence-electron chi connectivity index (χ4n) is 1.79. The Labute approximate surface area is 103 Å². The predicted molar refractivity (Wildman–Crippen MR) is 65.9 cm³/mol. The molecule has 1 aliphatic rings. The van der Waals surface area contributed by atoms with Crippen molar-refractivity contribution in [2.75, 3.05) is 39.8 Å². The molecule has 1 atom stereocenters. The van der Waals surface area contributed by atoms with Gasteiger partial charge >= 0.3 is 0 Å². The lowest BCUT2D eigenvalue weighted by molar-refractivity contribution is -0.178. The van der Waals surface area contributed by atoms with Gasteiger partial charge in [0.25, 0.3) is 5.91 Å². The second kappa shape index (κ2) is 6.90. The smallest absolute Gasteiger partial charge is 0.264 e. The average Bonchev–Trinajstić information content (AvgIpc) is 2.39. The maximum absolute atomic E-state index is 12.1. The summed E-state index contributed by atoms with van der Waals surface area (Å²) in [4.78, 5) is 14.1. The van der Waals surface area contributed by atoms with E-state index in [9.17, 15) is 10.0 Å². The van der Waals surface area contributed by atoms with Crippen LogP contribution in [0.5, 0.6) is 0 Å². The zero-order valence-electron chi connectivity index (χ0n) is 10.9. The van der Waals surface area contributed by atoms with Crippen LogP contribution in [0.3, 0.4) is 0 Å². The topological polar surface area (TPSA) is 67.8 Å². The van der Waals surface area contributed by atoms with Crippen molar-refractivity contribution >= 4 is 5.91 Å². The lowest BCUT2D eigenvalue weighted by atomic mass is 10.2. The quantitative estimate of drug-likeness (QED) is 0.434. The third-order valence-electron chi connectivity index (χ3n) is 2.99. The number of rotatable bonds is 2. The molecule has 1 fully saturated rings. The average molecular weight is 244 g/mol. The Bertz CT molecular complexity index is 248. The number of hydrogen-bond donors (Lipinski definition) is 3. The molecular weight excluding hydrogens is 220 g/mol. The maximum atomic E-state index is 12.1. The molecule has 0 aliphatic carbocycles. The SMILES string of the molecule is CC(C)N(O)C(=O)C1CNCCNCCN1C. The first-order valence-corrected chi connectivity index (χ1v) is 6.17. The normalized spacial score (nSPS) is 23.9. The summed E-state index contributed by atoms with van der Waals surface area (Å²) in [5.74, 6) is -0.239. The Balaban J connectivity index is 2.65. The van der Waals surface area contributed by atoms with Crippen molar-refractivity contribution < 1.29 is 10.0 Å². The standard InChI is InChI=1S/C11H24N4O2/c1-9(2)15(17)11(16)10-8-13-5-4-12-6-7-14(10)3/h9-10,12-13,17H,4-8H2,1-3H3. The van der Waals surface area contributed by atoms with Crippen molar-refractivity contribution in [1.29, 1.82) is 0 Å². The fourth-order valence-corrected chi connectivity index (χ4v) is 1.79. The number of nitrogens with one attached hydrogen (secondary N) is 2. The van der Waals surface area contributed by atoms with Gasteiger partial charge in [-0.1, -0.05) is 0 Å². The molecule has 6 heteroatoms. The molecule has 1 aliphatic heterocycles. The van der Waals surface area contributed by atoms with Gasteiger partial charge in [-0.25, -0.2) is 5.06 Å². The zero-order valence-corrected chi connectivity index (χ0v) is 10.9. The minimum Gasteiger partial charge on any atom is -0.314 e. The molecule has 6 nitrogen and oxygen atoms in total. The van der Waals surface area contributed by atoms with Crippen LogP contribution in [0.1, 0.15) is 13.8 Å². The van der Waals surface area contributed by atoms with Crippen molar-refractivity contribution in [3.05, 3.63) is 0 Å². The van der Waals surface area contributed by atoms with E-state index in [4.69, 9.17) is 0 Å². The first-order valence-electron chi connectivity index (χ1n) is 6.17. The summed E-state index contributed by atoms with van der Waals surface area (Å²) in [6.45, 7) is 7.55. The lowest BCUT2D eigenvalue weighted by Crippen LogP contribution is -2.53. The van der Waals surface area contributed by atoms with Gasteiger partial charge in [0.15, 0.2) is 0 Å². The van der Waals surface area contributed by atoms with Crippen LogP contribution in [-0.4, -0.2) is 72.9 Å². The summed E-state index contributed by atoms with van der Waals surface area (Å²) in [7, 11) is 1.91. The van der Waals surface area contributed by atoms with Gasteiger partial charge in [-0.05, 0) is 20.9 Å². The van der Waals surface area contributed by atoms with Gasteiger partial charge in [0, 0.05) is 32.7 Å². The Morgan fingerprint density at radius 3 is 2.65 bits per heavy atom. The largest absolute Gasteiger partial charge is 0.314 e. The van der Waals surface area contributed by atoms with E-state index >= 15 is 0 Å². The van der Waals surface area contributed by atoms with E-state index in [2.05, 4.69) is 10.6 Å². The highest BCUT2D eigenvalue weighted by Crippen LogP contribution is 2.04. The van der Waals surface area contributed by atoms with Crippen LogP contribution in [0.4, 0.5) is 0 Å². The number of nitrogens with zero attached hydrogens (tertiary/aromatic N) is 2. The van der Waals surface area contributed by atoms with Crippen molar-refractivity contribution in [2.24, 2.45) is 0 Å². The molecule has 0 radical (unpaired) electrons. The molecule has 100 valence electrons. The molecule has 3 N–H and O–H groups in total. The number of amides is 1. The number of hydroxylamine groups is 2. The molecule has 0 aromatic heterocycles. The van der Waals surface area contributed by atoms with Gasteiger partial charge in [0.1, 0.15) is 6.04 Å². The van der Waals surface area contributed by atoms with Gasteiger partial charge in [-0.3, -0.25) is 14.9 Å². The van der Waals surface area contributed by atoms with Crippen LogP contribution in [0, 0.1) is 0 Å². The summed E-state index contributed by atoms with van der Waals surface area (Å²) in [6, 6.07) is -0.496. The molecule has 1 amide bonds. The maximum Gasteiger partial charge on any atom is 0.264 e. The molecular formula is C11H24N4O2. The Morgan fingerprint density at radius 1 is 1.35 bits per heavy atom. The van der Waals surface area contributed by atoms with Crippen LogP contribution in [0.2, 0.25) is 0 Å². The highest BCUT2D eigenvalue weighted by atomic mass is 16.5. The molecule has 0 spiro atoms. The summed E-state index contributed by atoms with van der Waals surface area (Å²) in [6.07, 6.45) is 0. The zero-order chi connectivity index (χ0) is 12.8. The third kappa shape index (κ3) is 4.23. The molecule has 0 aromatic carbocycles. The van der Waals surface area contributed by atoms with E-state index in [-0.39, 0.29) is 18.0 Å². The third-order valence-corrected chi connectivity index (χ3v) is 2.99. The van der Waals surface area contributed by atoms with Gasteiger partial charge in [-0.15, -0.1) is 0 Å². The predicted octanol–water partition coefficient (Wildman–Crippen LogP) is -0.894. The monoisotopic (exact) mass is 244 g/mol. The molecule has 17 heavy (non-hydrogen) atoms. The molecule has 0 bridgehead atoms. The van der Waals surface area contributed by atoms with Crippen LogP contribution in [-0.2, 0) is 4.79 Å². The van der Waals surface area contributed by atoms with Crippen molar-refractivity contribution in [1.82, 2.24) is 20.6 Å². The summed E-state index contributed by atoms with van der Waals surface area (Å²) < 4.78 is 0. The highest BCUT2D eigenvalue weighted by molar-refractivity contribution is 5.81. The van der Waals surface area contributed by atoms with E-state index in [0.29, 0.717) is 6.54 Å². The lowest BCUT2D eigenvalue weighted by Gasteiger charge is -2.30. The summed E-state index contributed by atoms with van der Waals surface area (Å²) >= 11 is 0. The molecule has 1 saturated heterocycles. The number of carbonyl (C=O) groups excluding carboxylic acids is 1. The van der Waals surface area contributed by atoms with Gasteiger partial charge in [0.05, 0.1) is 6.04 Å². The molecule has 0 saturated carbocycles. The second-order valence-corrected chi connectivity index (χ2v) is 4.73. The van der Waals surface area contributed by atoms with E-state index in [1.807, 2.05) is 11.9 Å². The van der Waals surface area contributed by atoms with E-state index in [1.54, 1.807) is 13.8 Å². The molecule has 1 rings (SSSR count). The first-order chi connectivity index (χ1) is 8.04. The van der Waals surface area contributed by atoms with Crippen LogP contribution >= 0.6 is 0 Å². The highest BCUT2D eigenvalue weighted by Gasteiger charge is 2.28. The number of likely N-dealkylation sites (N-methyl/N-ethyl adjacent to an activating group) is 1. The van der Waals surface area contributed by atoms with Gasteiger partial charge in [0.2, 0.25) is 0 Å². The van der Waals surface area contributed by atoms with Crippen molar-refractivity contribution in [2.45, 2.75) is 25.9 Å². The van der Waals surface area contributed by atoms with Crippen molar-refractivity contribution in [3.63, 3.8) is 0 Å². The fraction of sp³-hybridized carbons (Fsp3) is 0.909. The van der Waals surface area contributed by atoms with Crippen LogP contribution in [0.15, 0.2) is 0 Å². The molecule has 1 unspecified atom stereocenters. The number of hydrogen-bond acceptors (Lipinski definition) is 5. The molecule has 1 heterocycles. The van der Waals surface area contributed by atoms with Gasteiger partial charge < -0.3 is 10.6 Å². The van der Waals surface area contributed by atoms with Crippen molar-refractivity contribution in [3.8, 4) is 0 Å². The second-order valence-electron chi connectivity index (χ2n) is 4.73. The minimum absolute atomic E-state index is 0.193. The van der Waals surface area contributed by atoms with Gasteiger partial charge in [-0.2, -0.15) is 0 Å². The summed E-state index contributed by atoms with van der Waals surface area (Å²) in [5.41, 5.74) is 0.